The van der Waals surface area contributed by atoms with Crippen molar-refractivity contribution in [2.24, 2.45) is 0 Å². The van der Waals surface area contributed by atoms with Gasteiger partial charge in [0.15, 0.2) is 0 Å². The predicted octanol–water partition coefficient (Wildman–Crippen LogP) is -1.31. The first kappa shape index (κ1) is 42.7. The van der Waals surface area contributed by atoms with Crippen molar-refractivity contribution in [3.05, 3.63) is 71.4 Å². The van der Waals surface area contributed by atoms with Crippen LogP contribution in [0.5, 0.6) is 0 Å². The molecule has 0 amide bonds. The second kappa shape index (κ2) is 36.2. The van der Waals surface area contributed by atoms with Gasteiger partial charge >= 0.3 is 37.5 Å². The molecule has 0 aromatic heterocycles. The fourth-order valence-corrected chi connectivity index (χ4v) is 0. The van der Waals surface area contributed by atoms with Gasteiger partial charge in [0.1, 0.15) is 0 Å². The average Bonchev–Trinajstić information content (AvgIpc) is 1.94. The number of hydrogen-bond donors (Lipinski definition) is 1. The number of rotatable bonds is 0. The van der Waals surface area contributed by atoms with E-state index in [4.69, 9.17) is 76.6 Å². The Labute approximate surface area is 140 Å². The largest absolute Gasteiger partial charge is 2.00 e. The van der Waals surface area contributed by atoms with Crippen LogP contribution in [0.25, 0.3) is 0 Å². The maximum absolute atomic E-state index is 8.36. The Morgan fingerprint density at radius 1 is 0.500 bits per heavy atom. The fourth-order valence-electron chi connectivity index (χ4n) is 0. The van der Waals surface area contributed by atoms with Gasteiger partial charge in [-0.15, -0.1) is 10.1 Å². The molecule has 0 unspecified atom stereocenters. The van der Waals surface area contributed by atoms with E-state index in [2.05, 4.69) is 0 Å². The Morgan fingerprint density at radius 3 is 0.500 bits per heavy atom. The monoisotopic (exact) mass is 480 g/mol. The molecule has 0 spiro atoms. The molecule has 0 saturated heterocycles. The topological polar surface area (TPSA) is 328 Å². The van der Waals surface area contributed by atoms with E-state index >= 15 is 0 Å². The zero-order valence-electron chi connectivity index (χ0n) is 9.02. The molecule has 0 aromatic carbocycles. The SMILES string of the molecule is O=[N+]([O-])O.O=[N+]([O-])[O-].O=[N+]([O-])[O-].O=[N+]([O-])[O-].O=[N+]([O-])[O-].[Cu+2].[Pd+2]. The van der Waals surface area contributed by atoms with Crippen molar-refractivity contribution in [2.75, 3.05) is 0 Å². The summed E-state index contributed by atoms with van der Waals surface area (Å²) in [7, 11) is 0. The summed E-state index contributed by atoms with van der Waals surface area (Å²) in [5.41, 5.74) is 0. The van der Waals surface area contributed by atoms with E-state index in [0.717, 1.165) is 0 Å². The van der Waals surface area contributed by atoms with Gasteiger partial charge in [-0.1, -0.05) is 0 Å². The van der Waals surface area contributed by atoms with Crippen LogP contribution >= 0.6 is 0 Å². The van der Waals surface area contributed by atoms with Crippen LogP contribution in [0, 0.1) is 71.4 Å². The van der Waals surface area contributed by atoms with Gasteiger partial charge in [-0.05, 0) is 0 Å². The minimum absolute atomic E-state index is 0. The molecule has 1 N–H and O–H groups in total. The van der Waals surface area contributed by atoms with Crippen LogP contribution in [0.1, 0.15) is 0 Å². The van der Waals surface area contributed by atoms with Crippen LogP contribution in [-0.2, 0) is 37.5 Å². The van der Waals surface area contributed by atoms with Crippen molar-refractivity contribution < 1.29 is 68.1 Å². The summed E-state index contributed by atoms with van der Waals surface area (Å²) >= 11 is 0. The molecule has 0 aliphatic rings. The Bertz CT molecular complexity index is 213. The van der Waals surface area contributed by atoms with Crippen molar-refractivity contribution in [1.29, 1.82) is 0 Å². The normalized spacial score (nSPS) is 5.45. The van der Waals surface area contributed by atoms with Crippen molar-refractivity contribution in [2.45, 2.75) is 0 Å². The third-order valence-corrected chi connectivity index (χ3v) is 0. The standard InChI is InChI=1S/Cu.HNO3.4NO3.Pd/c;5*2-1(3)4;/h;(H,2,3,4);;;;;/q+2;;4*-1;+2. The second-order valence-corrected chi connectivity index (χ2v) is 1.13. The number of nitrogens with zero attached hydrogens (tertiary/aromatic N) is 5. The van der Waals surface area contributed by atoms with Crippen LogP contribution in [0.2, 0.25) is 0 Å². The molecule has 0 rings (SSSR count). The summed E-state index contributed by atoms with van der Waals surface area (Å²) in [6.07, 6.45) is 0. The van der Waals surface area contributed by atoms with Crippen LogP contribution in [-0.4, -0.2) is 30.6 Å². The molecule has 22 heavy (non-hydrogen) atoms. The van der Waals surface area contributed by atoms with Gasteiger partial charge in [0.25, 0.3) is 5.09 Å². The summed E-state index contributed by atoms with van der Waals surface area (Å²) in [6.45, 7) is 0. The molecule has 0 bridgehead atoms. The molecule has 0 heterocycles. The summed E-state index contributed by atoms with van der Waals surface area (Å²) in [5.74, 6) is 0. The van der Waals surface area contributed by atoms with E-state index in [1.165, 1.54) is 0 Å². The summed E-state index contributed by atoms with van der Waals surface area (Å²) in [5, 5.41) is 72.6. The van der Waals surface area contributed by atoms with E-state index in [1.54, 1.807) is 0 Å². The number of hydrogen-bond acceptors (Lipinski definition) is 14. The van der Waals surface area contributed by atoms with E-state index < -0.39 is 25.4 Å². The molecule has 0 saturated carbocycles. The zero-order chi connectivity index (χ0) is 17.9. The quantitative estimate of drug-likeness (QED) is 0.238. The Kier molecular flexibility index (Phi) is 70.3. The van der Waals surface area contributed by atoms with Gasteiger partial charge in [0, 0.05) is 0 Å². The van der Waals surface area contributed by atoms with Gasteiger partial charge in [0.2, 0.25) is 0 Å². The molecule has 0 fully saturated rings. The van der Waals surface area contributed by atoms with Crippen LogP contribution < -0.4 is 0 Å². The van der Waals surface area contributed by atoms with Crippen LogP contribution in [0.4, 0.5) is 0 Å². The fraction of sp³-hybridized carbons (Fsp3) is 0. The minimum Gasteiger partial charge on any atom is -0.356 e. The summed E-state index contributed by atoms with van der Waals surface area (Å²) in [4.78, 5) is 41.4. The molecule has 0 aromatic rings. The molecule has 1 radical (unpaired) electrons. The Morgan fingerprint density at radius 2 is 0.500 bits per heavy atom. The average molecular weight is 481 g/mol. The molecule has 0 atom stereocenters. The van der Waals surface area contributed by atoms with Gasteiger partial charge < -0.3 is 66.5 Å². The van der Waals surface area contributed by atoms with Crippen LogP contribution in [0.3, 0.4) is 0 Å². The second-order valence-electron chi connectivity index (χ2n) is 1.13. The molecular weight excluding hydrogens is 480 g/mol. The minimum atomic E-state index is -1.75. The third-order valence-electron chi connectivity index (χ3n) is 0. The third kappa shape index (κ3) is 566. The van der Waals surface area contributed by atoms with Gasteiger partial charge in [-0.3, -0.25) is 0 Å². The van der Waals surface area contributed by atoms with E-state index in [0.29, 0.717) is 0 Å². The van der Waals surface area contributed by atoms with Crippen molar-refractivity contribution in [1.82, 2.24) is 0 Å². The Hall–Kier alpha value is -2.82. The first-order valence-electron chi connectivity index (χ1n) is 2.76. The molecule has 137 valence electrons. The zero-order valence-corrected chi connectivity index (χ0v) is 11.5. The molecular formula is HCuN5O15Pd. The first-order valence-corrected chi connectivity index (χ1v) is 2.76. The maximum atomic E-state index is 8.36. The summed E-state index contributed by atoms with van der Waals surface area (Å²) in [6, 6.07) is 0. The van der Waals surface area contributed by atoms with Gasteiger partial charge in [0.05, 0.1) is 20.3 Å². The van der Waals surface area contributed by atoms with E-state index in [-0.39, 0.29) is 37.5 Å². The van der Waals surface area contributed by atoms with Crippen molar-refractivity contribution in [3.8, 4) is 0 Å². The van der Waals surface area contributed by atoms with Gasteiger partial charge in [-0.25, -0.2) is 0 Å². The predicted molar refractivity (Wildman–Crippen MR) is 50.2 cm³/mol. The van der Waals surface area contributed by atoms with E-state index in [1.807, 2.05) is 0 Å². The van der Waals surface area contributed by atoms with Crippen molar-refractivity contribution >= 4 is 0 Å². The first-order chi connectivity index (χ1) is 8.66. The summed E-state index contributed by atoms with van der Waals surface area (Å²) < 4.78 is 0. The molecule has 0 aliphatic heterocycles. The van der Waals surface area contributed by atoms with E-state index in [9.17, 15) is 0 Å². The van der Waals surface area contributed by atoms with Crippen molar-refractivity contribution in [3.63, 3.8) is 0 Å². The molecule has 20 nitrogen and oxygen atoms in total. The molecule has 0 aliphatic carbocycles. The van der Waals surface area contributed by atoms with Gasteiger partial charge in [-0.2, -0.15) is 0 Å². The Balaban J connectivity index is -0.0000000250. The van der Waals surface area contributed by atoms with Crippen LogP contribution in [0.15, 0.2) is 0 Å². The molecule has 22 heteroatoms. The maximum Gasteiger partial charge on any atom is 2.00 e. The smallest absolute Gasteiger partial charge is 0.356 e.